The van der Waals surface area contributed by atoms with Crippen LogP contribution in [0.2, 0.25) is 0 Å². The van der Waals surface area contributed by atoms with Gasteiger partial charge in [-0.2, -0.15) is 0 Å². The van der Waals surface area contributed by atoms with Crippen molar-refractivity contribution in [3.63, 3.8) is 0 Å². The molecule has 1 aliphatic heterocycles. The van der Waals surface area contributed by atoms with Crippen LogP contribution in [0.5, 0.6) is 0 Å². The zero-order valence-corrected chi connectivity index (χ0v) is 12.2. The molecule has 1 aliphatic rings. The first-order chi connectivity index (χ1) is 8.91. The lowest BCUT2D eigenvalue weighted by Gasteiger charge is -2.17. The van der Waals surface area contributed by atoms with Crippen LogP contribution in [-0.4, -0.2) is 44.9 Å². The molecule has 106 valence electrons. The van der Waals surface area contributed by atoms with Crippen molar-refractivity contribution in [3.05, 3.63) is 23.8 Å². The average molecular weight is 305 g/mol. The minimum Gasteiger partial charge on any atom is -0.390 e. The number of aliphatic hydroxyl groups excluding tert-OH is 1. The Balaban J connectivity index is 2.14. The summed E-state index contributed by atoms with van der Waals surface area (Å²) in [6.45, 7) is 0.861. The molecule has 7 heteroatoms. The molecule has 0 radical (unpaired) electrons. The third-order valence-corrected chi connectivity index (χ3v) is 4.59. The number of anilines is 2. The SMILES string of the molecule is CS(=O)(=O)N1CCc2cc(NCC(O)CCl)ccc21. The number of hydrogen-bond acceptors (Lipinski definition) is 4. The third kappa shape index (κ3) is 3.32. The summed E-state index contributed by atoms with van der Waals surface area (Å²) < 4.78 is 24.6. The molecule has 2 N–H and O–H groups in total. The highest BCUT2D eigenvalue weighted by atomic mass is 35.5. The molecule has 0 saturated carbocycles. The van der Waals surface area contributed by atoms with Crippen LogP contribution in [0.4, 0.5) is 11.4 Å². The topological polar surface area (TPSA) is 69.6 Å². The number of aliphatic hydroxyl groups is 1. The van der Waals surface area contributed by atoms with E-state index in [4.69, 9.17) is 11.6 Å². The molecule has 0 fully saturated rings. The molecule has 1 aromatic carbocycles. The number of benzene rings is 1. The summed E-state index contributed by atoms with van der Waals surface area (Å²) >= 11 is 5.52. The second-order valence-corrected chi connectivity index (χ2v) is 6.83. The summed E-state index contributed by atoms with van der Waals surface area (Å²) in [7, 11) is -3.20. The Bertz CT molecular complexity index is 562. The molecular weight excluding hydrogens is 288 g/mol. The van der Waals surface area contributed by atoms with Crippen molar-refractivity contribution in [1.82, 2.24) is 0 Å². The average Bonchev–Trinajstić information content (AvgIpc) is 2.78. The van der Waals surface area contributed by atoms with E-state index < -0.39 is 16.1 Å². The van der Waals surface area contributed by atoms with Crippen molar-refractivity contribution in [3.8, 4) is 0 Å². The van der Waals surface area contributed by atoms with E-state index in [2.05, 4.69) is 5.32 Å². The van der Waals surface area contributed by atoms with Gasteiger partial charge in [-0.05, 0) is 30.2 Å². The lowest BCUT2D eigenvalue weighted by molar-refractivity contribution is 0.211. The van der Waals surface area contributed by atoms with Crippen molar-refractivity contribution in [1.29, 1.82) is 0 Å². The van der Waals surface area contributed by atoms with Gasteiger partial charge >= 0.3 is 0 Å². The van der Waals surface area contributed by atoms with Crippen LogP contribution in [-0.2, 0) is 16.4 Å². The van der Waals surface area contributed by atoms with E-state index in [1.807, 2.05) is 12.1 Å². The highest BCUT2D eigenvalue weighted by Crippen LogP contribution is 2.32. The van der Waals surface area contributed by atoms with Gasteiger partial charge in [-0.25, -0.2) is 8.42 Å². The molecule has 0 saturated heterocycles. The Hall–Kier alpha value is -0.980. The van der Waals surface area contributed by atoms with E-state index in [0.29, 0.717) is 19.5 Å². The normalized spacial score (nSPS) is 16.3. The zero-order chi connectivity index (χ0) is 14.0. The van der Waals surface area contributed by atoms with Crippen molar-refractivity contribution >= 4 is 33.0 Å². The third-order valence-electron chi connectivity index (χ3n) is 3.05. The number of hydrogen-bond donors (Lipinski definition) is 2. The number of nitrogens with zero attached hydrogens (tertiary/aromatic N) is 1. The highest BCUT2D eigenvalue weighted by Gasteiger charge is 2.25. The van der Waals surface area contributed by atoms with Gasteiger partial charge in [0.2, 0.25) is 10.0 Å². The zero-order valence-electron chi connectivity index (χ0n) is 10.6. The number of fused-ring (bicyclic) bond motifs is 1. The Morgan fingerprint density at radius 2 is 2.26 bits per heavy atom. The highest BCUT2D eigenvalue weighted by molar-refractivity contribution is 7.92. The number of rotatable bonds is 5. The van der Waals surface area contributed by atoms with E-state index in [1.165, 1.54) is 10.6 Å². The molecule has 1 atom stereocenters. The second kappa shape index (κ2) is 5.56. The maximum Gasteiger partial charge on any atom is 0.232 e. The maximum absolute atomic E-state index is 11.6. The van der Waals surface area contributed by atoms with Crippen LogP contribution in [0.15, 0.2) is 18.2 Å². The number of nitrogens with one attached hydrogen (secondary N) is 1. The fraction of sp³-hybridized carbons (Fsp3) is 0.500. The van der Waals surface area contributed by atoms with E-state index in [1.54, 1.807) is 6.07 Å². The summed E-state index contributed by atoms with van der Waals surface area (Å²) in [6, 6.07) is 5.52. The van der Waals surface area contributed by atoms with E-state index >= 15 is 0 Å². The van der Waals surface area contributed by atoms with E-state index in [-0.39, 0.29) is 5.88 Å². The van der Waals surface area contributed by atoms with Gasteiger partial charge in [-0.1, -0.05) is 0 Å². The molecule has 1 unspecified atom stereocenters. The molecule has 0 amide bonds. The number of halogens is 1. The molecule has 5 nitrogen and oxygen atoms in total. The smallest absolute Gasteiger partial charge is 0.232 e. The van der Waals surface area contributed by atoms with Crippen molar-refractivity contribution in [2.75, 3.05) is 34.8 Å². The minimum absolute atomic E-state index is 0.180. The summed E-state index contributed by atoms with van der Waals surface area (Å²) in [5.74, 6) is 0.180. The minimum atomic E-state index is -3.20. The standard InChI is InChI=1S/C12H17ClN2O3S/c1-19(17,18)15-5-4-9-6-10(2-3-12(9)15)14-8-11(16)7-13/h2-3,6,11,14,16H,4-5,7-8H2,1H3. The first kappa shape index (κ1) is 14.4. The van der Waals surface area contributed by atoms with Crippen LogP contribution in [0.25, 0.3) is 0 Å². The van der Waals surface area contributed by atoms with Crippen LogP contribution < -0.4 is 9.62 Å². The first-order valence-electron chi connectivity index (χ1n) is 6.00. The first-order valence-corrected chi connectivity index (χ1v) is 8.38. The monoisotopic (exact) mass is 304 g/mol. The van der Waals surface area contributed by atoms with Gasteiger partial charge < -0.3 is 10.4 Å². The fourth-order valence-electron chi connectivity index (χ4n) is 2.12. The summed E-state index contributed by atoms with van der Waals surface area (Å²) in [4.78, 5) is 0. The molecule has 0 spiro atoms. The van der Waals surface area contributed by atoms with Gasteiger partial charge in [0.25, 0.3) is 0 Å². The predicted octanol–water partition coefficient (Wildman–Crippen LogP) is 1.02. The van der Waals surface area contributed by atoms with Crippen molar-refractivity contribution < 1.29 is 13.5 Å². The fourth-order valence-corrected chi connectivity index (χ4v) is 3.18. The van der Waals surface area contributed by atoms with Gasteiger partial charge in [-0.15, -0.1) is 11.6 Å². The Morgan fingerprint density at radius 1 is 1.53 bits per heavy atom. The molecule has 19 heavy (non-hydrogen) atoms. The van der Waals surface area contributed by atoms with Gasteiger partial charge in [0.15, 0.2) is 0 Å². The van der Waals surface area contributed by atoms with Crippen LogP contribution >= 0.6 is 11.6 Å². The van der Waals surface area contributed by atoms with E-state index in [0.717, 1.165) is 16.9 Å². The van der Waals surface area contributed by atoms with Gasteiger partial charge in [0.05, 0.1) is 23.9 Å². The molecule has 2 rings (SSSR count). The van der Waals surface area contributed by atoms with Crippen LogP contribution in [0, 0.1) is 0 Å². The quantitative estimate of drug-likeness (QED) is 0.797. The van der Waals surface area contributed by atoms with Gasteiger partial charge in [0.1, 0.15) is 0 Å². The second-order valence-electron chi connectivity index (χ2n) is 4.62. The lowest BCUT2D eigenvalue weighted by Crippen LogP contribution is -2.27. The molecular formula is C12H17ClN2O3S. The van der Waals surface area contributed by atoms with Gasteiger partial charge in [0, 0.05) is 18.8 Å². The lowest BCUT2D eigenvalue weighted by atomic mass is 10.1. The van der Waals surface area contributed by atoms with Crippen molar-refractivity contribution in [2.45, 2.75) is 12.5 Å². The van der Waals surface area contributed by atoms with Crippen LogP contribution in [0.1, 0.15) is 5.56 Å². The predicted molar refractivity (Wildman–Crippen MR) is 77.6 cm³/mol. The Kier molecular flexibility index (Phi) is 4.23. The number of sulfonamides is 1. The molecule has 0 aromatic heterocycles. The largest absolute Gasteiger partial charge is 0.390 e. The van der Waals surface area contributed by atoms with Gasteiger partial charge in [-0.3, -0.25) is 4.31 Å². The van der Waals surface area contributed by atoms with Crippen molar-refractivity contribution in [2.24, 2.45) is 0 Å². The van der Waals surface area contributed by atoms with E-state index in [9.17, 15) is 13.5 Å². The summed E-state index contributed by atoms with van der Waals surface area (Å²) in [5.41, 5.74) is 2.60. The number of alkyl halides is 1. The summed E-state index contributed by atoms with van der Waals surface area (Å²) in [6.07, 6.45) is 1.32. The summed E-state index contributed by atoms with van der Waals surface area (Å²) in [5, 5.41) is 12.5. The Morgan fingerprint density at radius 3 is 2.89 bits per heavy atom. The molecule has 0 aliphatic carbocycles. The molecule has 1 aromatic rings. The molecule has 1 heterocycles. The Labute approximate surface area is 118 Å². The maximum atomic E-state index is 11.6. The van der Waals surface area contributed by atoms with Crippen LogP contribution in [0.3, 0.4) is 0 Å². The molecule has 0 bridgehead atoms.